The highest BCUT2D eigenvalue weighted by molar-refractivity contribution is 5.69. The number of esters is 1. The molecule has 0 unspecified atom stereocenters. The molecule has 1 aliphatic rings. The third-order valence-corrected chi connectivity index (χ3v) is 4.46. The number of nitrogens with zero attached hydrogens (tertiary/aromatic N) is 1. The van der Waals surface area contributed by atoms with Gasteiger partial charge in [0.2, 0.25) is 0 Å². The number of hydrogen-bond donors (Lipinski definition) is 0. The van der Waals surface area contributed by atoms with Crippen LogP contribution in [0.4, 0.5) is 0 Å². The Bertz CT molecular complexity index is 270. The zero-order chi connectivity index (χ0) is 15.0. The highest BCUT2D eigenvalue weighted by Gasteiger charge is 2.25. The first-order chi connectivity index (χ1) is 9.56. The summed E-state index contributed by atoms with van der Waals surface area (Å²) in [6.07, 6.45) is 6.80. The van der Waals surface area contributed by atoms with Gasteiger partial charge in [-0.05, 0) is 71.3 Å². The molecule has 1 aliphatic carbocycles. The second kappa shape index (κ2) is 9.38. The molecule has 3 nitrogen and oxygen atoms in total. The molecule has 0 spiro atoms. The van der Waals surface area contributed by atoms with Crippen molar-refractivity contribution in [3.63, 3.8) is 0 Å². The molecule has 0 saturated heterocycles. The summed E-state index contributed by atoms with van der Waals surface area (Å²) in [6, 6.07) is 0.646. The molecule has 0 heterocycles. The Morgan fingerprint density at radius 2 is 1.75 bits per heavy atom. The lowest BCUT2D eigenvalue weighted by Crippen LogP contribution is -2.37. The summed E-state index contributed by atoms with van der Waals surface area (Å²) in [7, 11) is 0. The lowest BCUT2D eigenvalue weighted by molar-refractivity contribution is -0.144. The Morgan fingerprint density at radius 3 is 2.25 bits per heavy atom. The van der Waals surface area contributed by atoms with Crippen molar-refractivity contribution < 1.29 is 9.53 Å². The molecule has 20 heavy (non-hydrogen) atoms. The lowest BCUT2D eigenvalue weighted by Gasteiger charge is -2.34. The molecule has 0 aromatic rings. The fourth-order valence-electron chi connectivity index (χ4n) is 3.25. The molecule has 0 aliphatic heterocycles. The Labute approximate surface area is 125 Å². The Hall–Kier alpha value is -0.570. The summed E-state index contributed by atoms with van der Waals surface area (Å²) < 4.78 is 5.05. The summed E-state index contributed by atoms with van der Waals surface area (Å²) in [4.78, 5) is 14.1. The van der Waals surface area contributed by atoms with Crippen LogP contribution in [0, 0.1) is 11.8 Å². The van der Waals surface area contributed by atoms with Gasteiger partial charge < -0.3 is 9.64 Å². The van der Waals surface area contributed by atoms with E-state index in [0.29, 0.717) is 25.0 Å². The molecule has 0 amide bonds. The average Bonchev–Trinajstić information content (AvgIpc) is 2.40. The van der Waals surface area contributed by atoms with Crippen molar-refractivity contribution in [3.8, 4) is 0 Å². The van der Waals surface area contributed by atoms with Crippen LogP contribution >= 0.6 is 0 Å². The molecule has 0 radical (unpaired) electrons. The molecule has 1 saturated carbocycles. The second-order valence-electron chi connectivity index (χ2n) is 6.48. The van der Waals surface area contributed by atoms with Crippen molar-refractivity contribution in [2.75, 3.05) is 19.7 Å². The van der Waals surface area contributed by atoms with Gasteiger partial charge in [-0.15, -0.1) is 0 Å². The van der Waals surface area contributed by atoms with E-state index in [-0.39, 0.29) is 5.97 Å². The first-order valence-electron chi connectivity index (χ1n) is 8.46. The average molecular weight is 283 g/mol. The molecule has 118 valence electrons. The van der Waals surface area contributed by atoms with Gasteiger partial charge in [0.25, 0.3) is 0 Å². The van der Waals surface area contributed by atoms with E-state index in [1.807, 2.05) is 6.92 Å². The predicted octanol–water partition coefficient (Wildman–Crippen LogP) is 3.87. The van der Waals surface area contributed by atoms with Gasteiger partial charge >= 0.3 is 5.97 Å². The fourth-order valence-corrected chi connectivity index (χ4v) is 3.25. The van der Waals surface area contributed by atoms with E-state index in [2.05, 4.69) is 25.7 Å². The van der Waals surface area contributed by atoms with Crippen LogP contribution < -0.4 is 0 Å². The zero-order valence-electron chi connectivity index (χ0n) is 13.9. The van der Waals surface area contributed by atoms with Crippen LogP contribution in [0.5, 0.6) is 0 Å². The molecule has 0 N–H and O–H groups in total. The number of carbonyl (C=O) groups is 1. The van der Waals surface area contributed by atoms with E-state index < -0.39 is 0 Å². The van der Waals surface area contributed by atoms with Gasteiger partial charge in [-0.3, -0.25) is 4.79 Å². The normalized spacial score (nSPS) is 23.3. The van der Waals surface area contributed by atoms with Crippen LogP contribution in [0.2, 0.25) is 0 Å². The third kappa shape index (κ3) is 6.25. The van der Waals surface area contributed by atoms with Gasteiger partial charge in [0.1, 0.15) is 0 Å². The maximum atomic E-state index is 11.5. The summed E-state index contributed by atoms with van der Waals surface area (Å²) in [5.74, 6) is 1.37. The van der Waals surface area contributed by atoms with Gasteiger partial charge in [0, 0.05) is 19.0 Å². The smallest absolute Gasteiger partial charge is 0.306 e. The van der Waals surface area contributed by atoms with E-state index in [0.717, 1.165) is 5.92 Å². The number of hydrogen-bond acceptors (Lipinski definition) is 3. The molecule has 0 aromatic carbocycles. The zero-order valence-corrected chi connectivity index (χ0v) is 13.9. The molecule has 0 bridgehead atoms. The maximum absolute atomic E-state index is 11.5. The Kier molecular flexibility index (Phi) is 8.20. The minimum atomic E-state index is -0.00857. The fraction of sp³-hybridized carbons (Fsp3) is 0.941. The van der Waals surface area contributed by atoms with Crippen molar-refractivity contribution in [3.05, 3.63) is 0 Å². The largest absolute Gasteiger partial charge is 0.466 e. The van der Waals surface area contributed by atoms with Crippen LogP contribution in [-0.2, 0) is 9.53 Å². The predicted molar refractivity (Wildman–Crippen MR) is 83.7 cm³/mol. The van der Waals surface area contributed by atoms with Crippen molar-refractivity contribution in [2.45, 2.75) is 72.3 Å². The van der Waals surface area contributed by atoms with Crippen molar-refractivity contribution in [2.24, 2.45) is 11.8 Å². The van der Waals surface area contributed by atoms with Crippen LogP contribution in [0.25, 0.3) is 0 Å². The quantitative estimate of drug-likeness (QED) is 0.633. The Balaban J connectivity index is 2.29. The molecular weight excluding hydrogens is 250 g/mol. The molecular formula is C17H33NO2. The first kappa shape index (κ1) is 17.5. The molecule has 1 fully saturated rings. The number of rotatable bonds is 8. The molecule has 1 rings (SSSR count). The van der Waals surface area contributed by atoms with Crippen molar-refractivity contribution in [1.82, 2.24) is 4.90 Å². The lowest BCUT2D eigenvalue weighted by atomic mass is 9.80. The number of carbonyl (C=O) groups excluding carboxylic acids is 1. The molecule has 0 atom stereocenters. The first-order valence-corrected chi connectivity index (χ1v) is 8.46. The van der Waals surface area contributed by atoms with Crippen LogP contribution in [-0.4, -0.2) is 36.6 Å². The summed E-state index contributed by atoms with van der Waals surface area (Å²) >= 11 is 0. The minimum Gasteiger partial charge on any atom is -0.466 e. The number of ether oxygens (including phenoxy) is 1. The van der Waals surface area contributed by atoms with E-state index >= 15 is 0 Å². The van der Waals surface area contributed by atoms with Crippen LogP contribution in [0.3, 0.4) is 0 Å². The molecule has 0 aromatic heterocycles. The van der Waals surface area contributed by atoms with Gasteiger partial charge in [0.05, 0.1) is 6.61 Å². The van der Waals surface area contributed by atoms with E-state index in [4.69, 9.17) is 4.74 Å². The Morgan fingerprint density at radius 1 is 1.15 bits per heavy atom. The monoisotopic (exact) mass is 283 g/mol. The third-order valence-electron chi connectivity index (χ3n) is 4.46. The van der Waals surface area contributed by atoms with Crippen LogP contribution in [0.15, 0.2) is 0 Å². The van der Waals surface area contributed by atoms with Gasteiger partial charge in [-0.1, -0.05) is 6.92 Å². The van der Waals surface area contributed by atoms with Crippen molar-refractivity contribution in [1.29, 1.82) is 0 Å². The topological polar surface area (TPSA) is 29.5 Å². The van der Waals surface area contributed by atoms with Crippen LogP contribution in [0.1, 0.15) is 66.2 Å². The van der Waals surface area contributed by atoms with E-state index in [1.54, 1.807) is 0 Å². The highest BCUT2D eigenvalue weighted by atomic mass is 16.5. The summed E-state index contributed by atoms with van der Waals surface area (Å²) in [5.41, 5.74) is 0. The van der Waals surface area contributed by atoms with Crippen molar-refractivity contribution >= 4 is 5.97 Å². The minimum absolute atomic E-state index is 0.00857. The maximum Gasteiger partial charge on any atom is 0.306 e. The standard InChI is InChI=1S/C17H33NO2/c1-5-11-18(14(3)4)13-16-9-7-15(8-10-16)12-17(19)20-6-2/h14-16H,5-13H2,1-4H3/t15-,16-. The summed E-state index contributed by atoms with van der Waals surface area (Å²) in [6.45, 7) is 11.7. The van der Waals surface area contributed by atoms with E-state index in [9.17, 15) is 4.79 Å². The van der Waals surface area contributed by atoms with Gasteiger partial charge in [0.15, 0.2) is 0 Å². The van der Waals surface area contributed by atoms with Gasteiger partial charge in [-0.2, -0.15) is 0 Å². The van der Waals surface area contributed by atoms with E-state index in [1.165, 1.54) is 45.2 Å². The van der Waals surface area contributed by atoms with Gasteiger partial charge in [-0.25, -0.2) is 0 Å². The molecule has 3 heteroatoms. The summed E-state index contributed by atoms with van der Waals surface area (Å²) in [5, 5.41) is 0. The second-order valence-corrected chi connectivity index (χ2v) is 6.48. The SMILES string of the molecule is CCCN(C[C@H]1CC[C@H](CC(=O)OCC)CC1)C(C)C. The highest BCUT2D eigenvalue weighted by Crippen LogP contribution is 2.31.